The summed E-state index contributed by atoms with van der Waals surface area (Å²) in [4.78, 5) is 11.7. The number of hydrogen-bond donors (Lipinski definition) is 2. The van der Waals surface area contributed by atoms with E-state index in [-0.39, 0.29) is 11.7 Å². The van der Waals surface area contributed by atoms with Gasteiger partial charge in [-0.05, 0) is 36.4 Å². The molecule has 0 bridgehead atoms. The number of hydrogen-bond acceptors (Lipinski definition) is 3. The summed E-state index contributed by atoms with van der Waals surface area (Å²) in [5, 5.41) is 13.0. The highest BCUT2D eigenvalue weighted by atomic mass is 16.3. The first-order valence-electron chi connectivity index (χ1n) is 5.40. The Bertz CT molecular complexity index is 570. The first kappa shape index (κ1) is 11.9. The molecule has 0 saturated heterocycles. The molecule has 0 atom stereocenters. The van der Waals surface area contributed by atoms with Crippen molar-refractivity contribution >= 4 is 12.1 Å². The topological polar surface area (TPSA) is 66.6 Å². The van der Waals surface area contributed by atoms with Gasteiger partial charge in [0.2, 0.25) is 0 Å². The molecule has 18 heavy (non-hydrogen) atoms. The molecular formula is C13H13N3O2. The monoisotopic (exact) mass is 243 g/mol. The van der Waals surface area contributed by atoms with E-state index in [9.17, 15) is 4.79 Å². The molecule has 92 valence electrons. The number of aromatic nitrogens is 1. The van der Waals surface area contributed by atoms with Crippen LogP contribution in [0.5, 0.6) is 5.75 Å². The minimum Gasteiger partial charge on any atom is -0.508 e. The van der Waals surface area contributed by atoms with Crippen LogP contribution in [0, 0.1) is 0 Å². The van der Waals surface area contributed by atoms with E-state index < -0.39 is 0 Å². The highest BCUT2D eigenvalue weighted by Gasteiger charge is 2.03. The quantitative estimate of drug-likeness (QED) is 0.633. The number of amides is 1. The number of nitrogens with zero attached hydrogens (tertiary/aromatic N) is 2. The number of phenolic OH excluding ortho intramolecular Hbond substituents is 1. The minimum absolute atomic E-state index is 0.124. The molecule has 2 aromatic rings. The van der Waals surface area contributed by atoms with Gasteiger partial charge in [0.1, 0.15) is 5.75 Å². The van der Waals surface area contributed by atoms with Crippen LogP contribution in [0.1, 0.15) is 16.1 Å². The van der Waals surface area contributed by atoms with Gasteiger partial charge in [-0.2, -0.15) is 5.10 Å². The van der Waals surface area contributed by atoms with E-state index in [4.69, 9.17) is 5.11 Å². The predicted molar refractivity (Wildman–Crippen MR) is 68.6 cm³/mol. The van der Waals surface area contributed by atoms with Crippen molar-refractivity contribution in [3.05, 3.63) is 53.9 Å². The lowest BCUT2D eigenvalue weighted by molar-refractivity contribution is 0.0955. The van der Waals surface area contributed by atoms with Gasteiger partial charge in [-0.1, -0.05) is 0 Å². The maximum atomic E-state index is 11.7. The molecule has 1 amide bonds. The summed E-state index contributed by atoms with van der Waals surface area (Å²) in [6.07, 6.45) is 3.46. The summed E-state index contributed by atoms with van der Waals surface area (Å²) in [6, 6.07) is 9.75. The number of nitrogens with one attached hydrogen (secondary N) is 1. The highest BCUT2D eigenvalue weighted by molar-refractivity contribution is 5.94. The molecule has 0 aliphatic carbocycles. The molecule has 5 nitrogen and oxygen atoms in total. The van der Waals surface area contributed by atoms with E-state index in [2.05, 4.69) is 10.5 Å². The third-order valence-corrected chi connectivity index (χ3v) is 2.48. The average molecular weight is 243 g/mol. The number of phenols is 1. The van der Waals surface area contributed by atoms with E-state index in [0.717, 1.165) is 5.69 Å². The Morgan fingerprint density at radius 1 is 1.33 bits per heavy atom. The van der Waals surface area contributed by atoms with Gasteiger partial charge in [0.25, 0.3) is 5.91 Å². The lowest BCUT2D eigenvalue weighted by Gasteiger charge is -2.00. The summed E-state index contributed by atoms with van der Waals surface area (Å²) in [5.74, 6) is -0.195. The number of aromatic hydroxyl groups is 1. The van der Waals surface area contributed by atoms with Gasteiger partial charge < -0.3 is 9.67 Å². The molecule has 2 N–H and O–H groups in total. The summed E-state index contributed by atoms with van der Waals surface area (Å²) >= 11 is 0. The van der Waals surface area contributed by atoms with E-state index in [0.29, 0.717) is 5.56 Å². The third-order valence-electron chi connectivity index (χ3n) is 2.48. The highest BCUT2D eigenvalue weighted by Crippen LogP contribution is 2.09. The zero-order chi connectivity index (χ0) is 13.0. The minimum atomic E-state index is -0.319. The summed E-state index contributed by atoms with van der Waals surface area (Å²) < 4.78 is 1.89. The number of hydrazone groups is 1. The lowest BCUT2D eigenvalue weighted by atomic mass is 10.2. The van der Waals surface area contributed by atoms with Crippen molar-refractivity contribution in [1.29, 1.82) is 0 Å². The Morgan fingerprint density at radius 3 is 2.67 bits per heavy atom. The second-order valence-corrected chi connectivity index (χ2v) is 3.79. The van der Waals surface area contributed by atoms with Gasteiger partial charge in [-0.15, -0.1) is 0 Å². The standard InChI is InChI=1S/C13H13N3O2/c1-16-8-2-3-11(16)9-14-15-13(18)10-4-6-12(17)7-5-10/h2-9,17H,1H3,(H,15,18)/b14-9-. The Kier molecular flexibility index (Phi) is 3.43. The molecule has 1 heterocycles. The number of carbonyl (C=O) groups is 1. The molecule has 0 aliphatic rings. The smallest absolute Gasteiger partial charge is 0.271 e. The SMILES string of the molecule is Cn1cccc1/C=N\NC(=O)c1ccc(O)cc1. The van der Waals surface area contributed by atoms with Crippen LogP contribution in [0.15, 0.2) is 47.7 Å². The maximum absolute atomic E-state index is 11.7. The van der Waals surface area contributed by atoms with Gasteiger partial charge in [-0.25, -0.2) is 5.43 Å². The molecule has 1 aromatic heterocycles. The zero-order valence-electron chi connectivity index (χ0n) is 9.87. The number of carbonyl (C=O) groups excluding carboxylic acids is 1. The molecule has 2 rings (SSSR count). The molecule has 1 aromatic carbocycles. The fraction of sp³-hybridized carbons (Fsp3) is 0.0769. The Labute approximate surface area is 104 Å². The molecular weight excluding hydrogens is 230 g/mol. The van der Waals surface area contributed by atoms with E-state index in [1.165, 1.54) is 24.3 Å². The fourth-order valence-corrected chi connectivity index (χ4v) is 1.44. The molecule has 5 heteroatoms. The van der Waals surface area contributed by atoms with Gasteiger partial charge >= 0.3 is 0 Å². The second kappa shape index (κ2) is 5.18. The predicted octanol–water partition coefficient (Wildman–Crippen LogP) is 1.49. The van der Waals surface area contributed by atoms with Crippen molar-refractivity contribution < 1.29 is 9.90 Å². The van der Waals surface area contributed by atoms with Crippen LogP contribution in [0.4, 0.5) is 0 Å². The number of benzene rings is 1. The van der Waals surface area contributed by atoms with Crippen molar-refractivity contribution in [3.63, 3.8) is 0 Å². The van der Waals surface area contributed by atoms with Crippen LogP contribution >= 0.6 is 0 Å². The van der Waals surface area contributed by atoms with Crippen LogP contribution in [0.3, 0.4) is 0 Å². The van der Waals surface area contributed by atoms with Crippen molar-refractivity contribution in [3.8, 4) is 5.75 Å². The normalized spacial score (nSPS) is 10.7. The molecule has 0 radical (unpaired) electrons. The Morgan fingerprint density at radius 2 is 2.06 bits per heavy atom. The van der Waals surface area contributed by atoms with Crippen molar-refractivity contribution in [1.82, 2.24) is 9.99 Å². The fourth-order valence-electron chi connectivity index (χ4n) is 1.44. The molecule has 0 spiro atoms. The first-order chi connectivity index (χ1) is 8.66. The van der Waals surface area contributed by atoms with Crippen molar-refractivity contribution in [2.24, 2.45) is 12.1 Å². The van der Waals surface area contributed by atoms with Gasteiger partial charge in [0.05, 0.1) is 11.9 Å². The number of aryl methyl sites for hydroxylation is 1. The van der Waals surface area contributed by atoms with E-state index in [1.807, 2.05) is 29.9 Å². The van der Waals surface area contributed by atoms with E-state index in [1.54, 1.807) is 6.21 Å². The van der Waals surface area contributed by atoms with Crippen LogP contribution in [0.25, 0.3) is 0 Å². The van der Waals surface area contributed by atoms with Gasteiger partial charge in [-0.3, -0.25) is 4.79 Å². The molecule has 0 saturated carbocycles. The largest absolute Gasteiger partial charge is 0.508 e. The Hall–Kier alpha value is -2.56. The molecule has 0 fully saturated rings. The zero-order valence-corrected chi connectivity index (χ0v) is 9.87. The van der Waals surface area contributed by atoms with Gasteiger partial charge in [0, 0.05) is 18.8 Å². The van der Waals surface area contributed by atoms with Crippen LogP contribution in [-0.4, -0.2) is 21.8 Å². The molecule has 0 aliphatic heterocycles. The van der Waals surface area contributed by atoms with Crippen molar-refractivity contribution in [2.75, 3.05) is 0 Å². The maximum Gasteiger partial charge on any atom is 0.271 e. The van der Waals surface area contributed by atoms with Crippen LogP contribution < -0.4 is 5.43 Å². The third kappa shape index (κ3) is 2.76. The van der Waals surface area contributed by atoms with Gasteiger partial charge in [0.15, 0.2) is 0 Å². The van der Waals surface area contributed by atoms with E-state index >= 15 is 0 Å². The summed E-state index contributed by atoms with van der Waals surface area (Å²) in [6.45, 7) is 0. The van der Waals surface area contributed by atoms with Crippen LogP contribution in [-0.2, 0) is 7.05 Å². The first-order valence-corrected chi connectivity index (χ1v) is 5.40. The van der Waals surface area contributed by atoms with Crippen LogP contribution in [0.2, 0.25) is 0 Å². The van der Waals surface area contributed by atoms with Crippen molar-refractivity contribution in [2.45, 2.75) is 0 Å². The molecule has 0 unspecified atom stereocenters. The number of rotatable bonds is 3. The summed E-state index contributed by atoms with van der Waals surface area (Å²) in [7, 11) is 1.89. The summed E-state index contributed by atoms with van der Waals surface area (Å²) in [5.41, 5.74) is 3.75. The average Bonchev–Trinajstić information content (AvgIpc) is 2.76. The Balaban J connectivity index is 1.98. The second-order valence-electron chi connectivity index (χ2n) is 3.79. The lowest BCUT2D eigenvalue weighted by Crippen LogP contribution is -2.17.